The van der Waals surface area contributed by atoms with Gasteiger partial charge in [0.25, 0.3) is 0 Å². The van der Waals surface area contributed by atoms with Crippen molar-refractivity contribution in [1.29, 1.82) is 0 Å². The molecule has 0 aliphatic rings. The van der Waals surface area contributed by atoms with Crippen LogP contribution in [-0.2, 0) is 6.54 Å². The molecule has 1 aromatic carbocycles. The van der Waals surface area contributed by atoms with Crippen molar-refractivity contribution in [2.75, 3.05) is 7.05 Å². The molecule has 1 N–H and O–H groups in total. The van der Waals surface area contributed by atoms with Crippen LogP contribution in [0.3, 0.4) is 0 Å². The lowest BCUT2D eigenvalue weighted by molar-refractivity contribution is 0.817. The van der Waals surface area contributed by atoms with Crippen LogP contribution in [0.15, 0.2) is 46.7 Å². The van der Waals surface area contributed by atoms with Crippen LogP contribution >= 0.6 is 23.4 Å². The lowest BCUT2D eigenvalue weighted by Gasteiger charge is -2.05. The average molecular weight is 266 g/mol. The maximum absolute atomic E-state index is 6.18. The van der Waals surface area contributed by atoms with E-state index in [-0.39, 0.29) is 0 Å². The molecule has 5 heteroatoms. The molecule has 0 aliphatic heterocycles. The Hall–Kier alpha value is -1.10. The Morgan fingerprint density at radius 2 is 2.06 bits per heavy atom. The van der Waals surface area contributed by atoms with Gasteiger partial charge in [-0.15, -0.1) is 0 Å². The molecular weight excluding hydrogens is 254 g/mol. The molecule has 2 rings (SSSR count). The third kappa shape index (κ3) is 3.43. The summed E-state index contributed by atoms with van der Waals surface area (Å²) >= 11 is 7.68. The van der Waals surface area contributed by atoms with Gasteiger partial charge in [-0.3, -0.25) is 0 Å². The fourth-order valence-electron chi connectivity index (χ4n) is 1.37. The standard InChI is InChI=1S/C12H12ClN3S/c1-14-8-9-3-4-10(7-11(9)13)17-12-15-5-2-6-16-12/h2-7,14H,8H2,1H3. The fourth-order valence-corrected chi connectivity index (χ4v) is 2.43. The summed E-state index contributed by atoms with van der Waals surface area (Å²) in [5.41, 5.74) is 1.09. The zero-order valence-corrected chi connectivity index (χ0v) is 10.9. The molecule has 0 spiro atoms. The van der Waals surface area contributed by atoms with Crippen LogP contribution in [0.1, 0.15) is 5.56 Å². The number of benzene rings is 1. The first-order valence-corrected chi connectivity index (χ1v) is 6.37. The Balaban J connectivity index is 2.15. The van der Waals surface area contributed by atoms with Crippen LogP contribution in [0.5, 0.6) is 0 Å². The van der Waals surface area contributed by atoms with Crippen molar-refractivity contribution in [2.24, 2.45) is 0 Å². The fraction of sp³-hybridized carbons (Fsp3) is 0.167. The smallest absolute Gasteiger partial charge is 0.192 e. The third-order valence-electron chi connectivity index (χ3n) is 2.14. The van der Waals surface area contributed by atoms with Crippen molar-refractivity contribution in [3.8, 4) is 0 Å². The molecule has 0 radical (unpaired) electrons. The largest absolute Gasteiger partial charge is 0.316 e. The Labute approximate surface area is 110 Å². The van der Waals surface area contributed by atoms with E-state index in [2.05, 4.69) is 15.3 Å². The number of halogens is 1. The van der Waals surface area contributed by atoms with Crippen LogP contribution in [0.25, 0.3) is 0 Å². The summed E-state index contributed by atoms with van der Waals surface area (Å²) in [7, 11) is 1.90. The van der Waals surface area contributed by atoms with Gasteiger partial charge < -0.3 is 5.32 Å². The van der Waals surface area contributed by atoms with Crippen molar-refractivity contribution in [2.45, 2.75) is 16.6 Å². The number of aromatic nitrogens is 2. The molecule has 2 aromatic rings. The van der Waals surface area contributed by atoms with Crippen molar-refractivity contribution < 1.29 is 0 Å². The van der Waals surface area contributed by atoms with Crippen molar-refractivity contribution >= 4 is 23.4 Å². The van der Waals surface area contributed by atoms with E-state index in [0.717, 1.165) is 27.2 Å². The molecule has 0 fully saturated rings. The Bertz CT molecular complexity index is 490. The number of rotatable bonds is 4. The summed E-state index contributed by atoms with van der Waals surface area (Å²) < 4.78 is 0. The minimum absolute atomic E-state index is 0.727. The second-order valence-electron chi connectivity index (χ2n) is 3.42. The van der Waals surface area contributed by atoms with Gasteiger partial charge in [0.05, 0.1) is 0 Å². The molecule has 17 heavy (non-hydrogen) atoms. The van der Waals surface area contributed by atoms with Crippen molar-refractivity contribution in [3.63, 3.8) is 0 Å². The van der Waals surface area contributed by atoms with Gasteiger partial charge in [-0.25, -0.2) is 9.97 Å². The maximum Gasteiger partial charge on any atom is 0.192 e. The molecule has 0 saturated carbocycles. The molecule has 0 bridgehead atoms. The summed E-state index contributed by atoms with van der Waals surface area (Å²) in [4.78, 5) is 9.36. The predicted octanol–water partition coefficient (Wildman–Crippen LogP) is 3.00. The van der Waals surface area contributed by atoms with Crippen LogP contribution in [0.2, 0.25) is 5.02 Å². The summed E-state index contributed by atoms with van der Waals surface area (Å²) in [5.74, 6) is 0. The Morgan fingerprint density at radius 3 is 2.71 bits per heavy atom. The molecule has 0 atom stereocenters. The van der Waals surface area contributed by atoms with Gasteiger partial charge in [0, 0.05) is 28.9 Å². The highest BCUT2D eigenvalue weighted by atomic mass is 35.5. The van der Waals surface area contributed by atoms with Gasteiger partial charge in [-0.1, -0.05) is 17.7 Å². The number of nitrogens with zero attached hydrogens (tertiary/aromatic N) is 2. The molecule has 3 nitrogen and oxygen atoms in total. The third-order valence-corrected chi connectivity index (χ3v) is 3.38. The highest BCUT2D eigenvalue weighted by molar-refractivity contribution is 7.99. The summed E-state index contributed by atoms with van der Waals surface area (Å²) in [6.07, 6.45) is 3.46. The highest BCUT2D eigenvalue weighted by Gasteiger charge is 2.04. The minimum Gasteiger partial charge on any atom is -0.316 e. The van der Waals surface area contributed by atoms with E-state index in [4.69, 9.17) is 11.6 Å². The van der Waals surface area contributed by atoms with Crippen LogP contribution in [-0.4, -0.2) is 17.0 Å². The normalized spacial score (nSPS) is 10.5. The van der Waals surface area contributed by atoms with Gasteiger partial charge in [0.2, 0.25) is 0 Å². The molecule has 0 unspecified atom stereocenters. The number of hydrogen-bond donors (Lipinski definition) is 1. The van der Waals surface area contributed by atoms with Gasteiger partial charge >= 0.3 is 0 Å². The van der Waals surface area contributed by atoms with Crippen LogP contribution in [0, 0.1) is 0 Å². The Kier molecular flexibility index (Phi) is 4.36. The SMILES string of the molecule is CNCc1ccc(Sc2ncccn2)cc1Cl. The highest BCUT2D eigenvalue weighted by Crippen LogP contribution is 2.28. The lowest BCUT2D eigenvalue weighted by atomic mass is 10.2. The van der Waals surface area contributed by atoms with Crippen molar-refractivity contribution in [1.82, 2.24) is 15.3 Å². The van der Waals surface area contributed by atoms with Gasteiger partial charge in [0.15, 0.2) is 5.16 Å². The number of nitrogens with one attached hydrogen (secondary N) is 1. The van der Waals surface area contributed by atoms with Gasteiger partial charge in [-0.05, 0) is 42.6 Å². The average Bonchev–Trinajstić information content (AvgIpc) is 2.34. The summed E-state index contributed by atoms with van der Waals surface area (Å²) in [6, 6.07) is 7.78. The van der Waals surface area contributed by atoms with Gasteiger partial charge in [-0.2, -0.15) is 0 Å². The minimum atomic E-state index is 0.727. The first kappa shape index (κ1) is 12.4. The quantitative estimate of drug-likeness (QED) is 0.863. The van der Waals surface area contributed by atoms with Crippen LogP contribution < -0.4 is 5.32 Å². The zero-order valence-electron chi connectivity index (χ0n) is 9.35. The van der Waals surface area contributed by atoms with E-state index < -0.39 is 0 Å². The lowest BCUT2D eigenvalue weighted by Crippen LogP contribution is -2.05. The van der Waals surface area contributed by atoms with E-state index in [0.29, 0.717) is 0 Å². The topological polar surface area (TPSA) is 37.8 Å². The zero-order chi connectivity index (χ0) is 12.1. The summed E-state index contributed by atoms with van der Waals surface area (Å²) in [5, 5.41) is 4.57. The van der Waals surface area contributed by atoms with E-state index in [1.807, 2.05) is 25.2 Å². The van der Waals surface area contributed by atoms with E-state index >= 15 is 0 Å². The molecule has 88 valence electrons. The van der Waals surface area contributed by atoms with Crippen LogP contribution in [0.4, 0.5) is 0 Å². The molecular formula is C12H12ClN3S. The number of hydrogen-bond acceptors (Lipinski definition) is 4. The van der Waals surface area contributed by atoms with Gasteiger partial charge in [0.1, 0.15) is 0 Å². The molecule has 0 amide bonds. The van der Waals surface area contributed by atoms with E-state index in [1.54, 1.807) is 18.5 Å². The second kappa shape index (κ2) is 6.00. The van der Waals surface area contributed by atoms with E-state index in [9.17, 15) is 0 Å². The molecule has 1 aromatic heterocycles. The second-order valence-corrected chi connectivity index (χ2v) is 4.86. The Morgan fingerprint density at radius 1 is 1.29 bits per heavy atom. The predicted molar refractivity (Wildman–Crippen MR) is 70.4 cm³/mol. The monoisotopic (exact) mass is 265 g/mol. The molecule has 0 aliphatic carbocycles. The van der Waals surface area contributed by atoms with Crippen molar-refractivity contribution in [3.05, 3.63) is 47.2 Å². The summed E-state index contributed by atoms with van der Waals surface area (Å²) in [6.45, 7) is 0.769. The molecule has 1 heterocycles. The van der Waals surface area contributed by atoms with E-state index in [1.165, 1.54) is 11.8 Å². The first-order chi connectivity index (χ1) is 8.29. The maximum atomic E-state index is 6.18. The first-order valence-electron chi connectivity index (χ1n) is 5.17. The molecule has 0 saturated heterocycles.